The molecule has 2 amide bonds. The Morgan fingerprint density at radius 3 is 2.49 bits per heavy atom. The molecule has 6 fully saturated rings. The average Bonchev–Trinajstić information content (AvgIpc) is 3.73. The van der Waals surface area contributed by atoms with E-state index in [9.17, 15) is 28.8 Å². The highest BCUT2D eigenvalue weighted by Gasteiger charge is 2.69. The zero-order chi connectivity index (χ0) is 56.1. The number of β-lactam (4-membered cyclic amide) rings is 1. The number of aromatic nitrogens is 4. The van der Waals surface area contributed by atoms with Crippen LogP contribution in [0.3, 0.4) is 0 Å². The van der Waals surface area contributed by atoms with Crippen LogP contribution >= 0.6 is 58.2 Å². The number of ether oxygens (including phenoxy) is 3. The summed E-state index contributed by atoms with van der Waals surface area (Å²) >= 11 is 6.55. The molecule has 3 saturated heterocycles. The summed E-state index contributed by atoms with van der Waals surface area (Å²) in [5, 5.41) is 8.35. The number of hydrogen-bond donors (Lipinski definition) is 2. The number of ketones is 1. The number of aryl methyl sites for hydroxylation is 1. The van der Waals surface area contributed by atoms with Gasteiger partial charge in [0.25, 0.3) is 11.8 Å². The van der Waals surface area contributed by atoms with Gasteiger partial charge in [-0.2, -0.15) is 9.36 Å². The molecule has 24 heteroatoms. The number of hydrogen-bond acceptors (Lipinski definition) is 21. The fourth-order valence-corrected chi connectivity index (χ4v) is 18.9. The third-order valence-electron chi connectivity index (χ3n) is 18.4. The predicted octanol–water partition coefficient (Wildman–Crippen LogP) is 6.96. The van der Waals surface area contributed by atoms with Gasteiger partial charge in [0, 0.05) is 91.7 Å². The Morgan fingerprint density at radius 1 is 1.05 bits per heavy atom. The number of thiazole rings is 1. The van der Waals surface area contributed by atoms with Crippen molar-refractivity contribution in [3.8, 4) is 11.3 Å². The van der Waals surface area contributed by atoms with Crippen molar-refractivity contribution in [1.82, 2.24) is 29.5 Å². The minimum Gasteiger partial charge on any atom is -0.461 e. The number of fused-ring (bicyclic) bond motifs is 3. The number of thioether (sulfide) groups is 3. The van der Waals surface area contributed by atoms with E-state index in [0.717, 1.165) is 48.5 Å². The number of carbonyl (C=O) groups is 6. The third kappa shape index (κ3) is 10.9. The molecule has 3 aromatic heterocycles. The van der Waals surface area contributed by atoms with Crippen molar-refractivity contribution in [2.24, 2.45) is 46.2 Å². The van der Waals surface area contributed by atoms with Crippen LogP contribution in [-0.2, 0) is 54.9 Å². The molecule has 3 aromatic rings. The fraction of sp³-hybridized carbons (Fsp3) is 0.618. The Morgan fingerprint density at radius 2 is 1.80 bits per heavy atom. The van der Waals surface area contributed by atoms with Crippen molar-refractivity contribution in [3.63, 3.8) is 0 Å². The lowest BCUT2D eigenvalue weighted by Gasteiger charge is -2.62. The summed E-state index contributed by atoms with van der Waals surface area (Å²) < 4.78 is 25.8. The Bertz CT molecular complexity index is 2940. The Balaban J connectivity index is 0.859. The lowest BCUT2D eigenvalue weighted by molar-refractivity contribution is -0.671. The second-order valence-electron chi connectivity index (χ2n) is 22.7. The molecule has 3 aliphatic carbocycles. The highest BCUT2D eigenvalue weighted by molar-refractivity contribution is 8.07. The van der Waals surface area contributed by atoms with Crippen molar-refractivity contribution in [2.75, 3.05) is 37.5 Å². The second-order valence-corrected chi connectivity index (χ2v) is 28.0. The summed E-state index contributed by atoms with van der Waals surface area (Å²) in [5.74, 6) is -3.10. The summed E-state index contributed by atoms with van der Waals surface area (Å²) in [7, 11) is 4.14. The van der Waals surface area contributed by atoms with Gasteiger partial charge < -0.3 is 35.0 Å². The van der Waals surface area contributed by atoms with E-state index < -0.39 is 69.5 Å². The Hall–Kier alpha value is -4.88. The van der Waals surface area contributed by atoms with Gasteiger partial charge >= 0.3 is 17.9 Å². The highest BCUT2D eigenvalue weighted by Crippen LogP contribution is 2.68. The van der Waals surface area contributed by atoms with Gasteiger partial charge in [0.1, 0.15) is 55.4 Å². The van der Waals surface area contributed by atoms with Crippen LogP contribution in [0.4, 0.5) is 5.13 Å². The number of nitrogens with zero attached hydrogens (tertiary/aromatic N) is 7. The summed E-state index contributed by atoms with van der Waals surface area (Å²) in [6.07, 6.45) is 11.3. The molecule has 0 aromatic carbocycles. The first-order valence-corrected chi connectivity index (χ1v) is 31.8. The van der Waals surface area contributed by atoms with Crippen molar-refractivity contribution in [3.05, 3.63) is 59.0 Å². The first-order valence-electron chi connectivity index (χ1n) is 27.2. The number of amides is 2. The normalized spacial score (nSPS) is 33.2. The van der Waals surface area contributed by atoms with Crippen molar-refractivity contribution >= 4 is 105 Å². The van der Waals surface area contributed by atoms with Crippen LogP contribution in [0.15, 0.2) is 62.7 Å². The molecule has 0 spiro atoms. The number of nitrogens with one attached hydrogen (secondary N) is 1. The zero-order valence-electron chi connectivity index (χ0n) is 45.7. The van der Waals surface area contributed by atoms with E-state index in [1.54, 1.807) is 18.7 Å². The van der Waals surface area contributed by atoms with E-state index in [1.807, 2.05) is 54.5 Å². The zero-order valence-corrected chi connectivity index (χ0v) is 49.8. The number of nitrogen functional groups attached to an aromatic ring is 1. The lowest BCUT2D eigenvalue weighted by atomic mass is 9.44. The lowest BCUT2D eigenvalue weighted by Crippen LogP contribution is -2.71. The molecule has 12 atom stereocenters. The maximum Gasteiger partial charge on any atom is 0.355 e. The van der Waals surface area contributed by atoms with Crippen LogP contribution in [0.5, 0.6) is 0 Å². The topological polar surface area (TPSA) is 239 Å². The molecule has 79 heavy (non-hydrogen) atoms. The number of esters is 3. The minimum atomic E-state index is -1.07. The fourth-order valence-electron chi connectivity index (χ4n) is 13.8. The van der Waals surface area contributed by atoms with Gasteiger partial charge in [-0.25, -0.2) is 14.3 Å². The monoisotopic (exact) mass is 1180 g/mol. The van der Waals surface area contributed by atoms with Gasteiger partial charge in [0.05, 0.1) is 17.9 Å². The molecule has 10 rings (SSSR count). The maximum absolute atomic E-state index is 14.5. The van der Waals surface area contributed by atoms with Gasteiger partial charge in [-0.3, -0.25) is 28.9 Å². The Labute approximate surface area is 481 Å². The van der Waals surface area contributed by atoms with Gasteiger partial charge in [-0.05, 0) is 76.7 Å². The smallest absolute Gasteiger partial charge is 0.355 e. The average molecular weight is 1180 g/mol. The number of piperidine rings is 1. The molecule has 4 bridgehead atoms. The van der Waals surface area contributed by atoms with Gasteiger partial charge in [0.15, 0.2) is 21.9 Å². The van der Waals surface area contributed by atoms with Gasteiger partial charge in [0.2, 0.25) is 11.5 Å². The van der Waals surface area contributed by atoms with E-state index >= 15 is 0 Å². The first kappa shape index (κ1) is 57.4. The first-order chi connectivity index (χ1) is 37.8. The molecular weight excluding hydrogens is 1110 g/mol. The SMILES string of the molecule is C=C[C@@]1(C)C[C@H](OC(=O)CSC2CC3CCC(C2)N3C)[C@@]2(C)C(C)CCC3(CCC(=O)C32)[C@H](C)[C@H]1OC(=O)CCOC(=O)C1=C(Sc2nc(-c3cc[n+](C)cc3)cs2)CS[C@@H]2[C@H](NC(=O)/C(=N/OCC)c3nsc(N)n3)C(=O)N12. The molecule has 19 nitrogen and oxygen atoms in total. The van der Waals surface area contributed by atoms with Crippen LogP contribution in [-0.4, -0.2) is 138 Å². The van der Waals surface area contributed by atoms with Crippen LogP contribution in [0.1, 0.15) is 105 Å². The molecule has 5 unspecified atom stereocenters. The van der Waals surface area contributed by atoms with Gasteiger partial charge in [-0.15, -0.1) is 41.4 Å². The Kier molecular flexibility index (Phi) is 16.8. The number of oxime groups is 1. The molecule has 0 radical (unpaired) electrons. The number of rotatable bonds is 18. The largest absolute Gasteiger partial charge is 0.461 e. The number of pyridine rings is 1. The summed E-state index contributed by atoms with van der Waals surface area (Å²) in [5.41, 5.74) is 5.10. The molecule has 7 aliphatic rings. The maximum atomic E-state index is 14.5. The molecule has 424 valence electrons. The molecular formula is C55H70N9O10S5+. The third-order valence-corrected chi connectivity index (χ3v) is 23.6. The highest BCUT2D eigenvalue weighted by atomic mass is 32.2. The minimum absolute atomic E-state index is 0.0193. The van der Waals surface area contributed by atoms with E-state index in [1.165, 1.54) is 52.6 Å². The quantitative estimate of drug-likeness (QED) is 0.0249. The number of Topliss-reactive ketones (excluding diaryl/α,β-unsaturated/α-hetero) is 1. The van der Waals surface area contributed by atoms with Crippen LogP contribution in [0, 0.1) is 34.0 Å². The van der Waals surface area contributed by atoms with Crippen molar-refractivity contribution in [2.45, 2.75) is 144 Å². The molecule has 3 N–H and O–H groups in total. The number of nitrogens with two attached hydrogens (primary N) is 1. The number of carbonyl (C=O) groups excluding carboxylic acids is 6. The summed E-state index contributed by atoms with van der Waals surface area (Å²) in [6.45, 7) is 14.2. The predicted molar refractivity (Wildman–Crippen MR) is 303 cm³/mol. The van der Waals surface area contributed by atoms with Crippen molar-refractivity contribution < 1.29 is 52.4 Å². The number of anilines is 1. The van der Waals surface area contributed by atoms with Crippen LogP contribution < -0.4 is 15.6 Å². The van der Waals surface area contributed by atoms with Crippen LogP contribution in [0.25, 0.3) is 11.3 Å². The molecule has 7 heterocycles. The van der Waals surface area contributed by atoms with E-state index in [2.05, 4.69) is 59.1 Å². The second kappa shape index (κ2) is 23.2. The van der Waals surface area contributed by atoms with E-state index in [-0.39, 0.29) is 77.1 Å². The van der Waals surface area contributed by atoms with Crippen molar-refractivity contribution in [1.29, 1.82) is 0 Å². The molecule has 4 aliphatic heterocycles. The van der Waals surface area contributed by atoms with E-state index in [0.29, 0.717) is 45.8 Å². The molecule has 3 saturated carbocycles. The van der Waals surface area contributed by atoms with Gasteiger partial charge in [-0.1, -0.05) is 50.7 Å². The summed E-state index contributed by atoms with van der Waals surface area (Å²) in [4.78, 5) is 104. The van der Waals surface area contributed by atoms with Crippen LogP contribution in [0.2, 0.25) is 0 Å². The summed E-state index contributed by atoms with van der Waals surface area (Å²) in [6, 6.07) is 3.94. The van der Waals surface area contributed by atoms with E-state index in [4.69, 9.17) is 29.8 Å². The standard InChI is InChI=1S/C55H69N9O10S5/c1-9-53(5)25-38(73-40(67)28-75-34-23-32-11-12-33(24-34)63(32)8)54(6)29(3)13-18-55(19-14-36(65)44(54)55)30(4)45(53)74-39(66)17-22-71-50(70)43-37(78-52-57-35(26-77-52)31-15-20-62(7)21-16-31)27-76-49-42(48(69)64(43)49)58-47(68)41(60-72-10-2)46-59-51(56)79-61-46/h9,15-16,20-21,26,29-30,32-34,38,42,44-45,49H,1,10-14,17-19,22-25,27-28H2,2-8H3,(H2-,56,58,59,61,68)/p+1/b60-41+/t29?,30-,32?,33?,34?,38+,42-,44?,45-,49-,53+,54-,55?/m1/s1.